The fraction of sp³-hybridized carbons (Fsp3) is 0.143. The van der Waals surface area contributed by atoms with Gasteiger partial charge in [-0.3, -0.25) is 0 Å². The maximum Gasteiger partial charge on any atom is 0.141 e. The molecule has 4 heteroatoms. The molecular formula is C14H14BrNO2. The molecule has 0 radical (unpaired) electrons. The van der Waals surface area contributed by atoms with E-state index in [1.54, 1.807) is 12.1 Å². The molecule has 0 aliphatic carbocycles. The number of para-hydroxylation sites is 1. The van der Waals surface area contributed by atoms with Gasteiger partial charge >= 0.3 is 0 Å². The Bertz CT molecular complexity index is 543. The van der Waals surface area contributed by atoms with Crippen LogP contribution in [-0.4, -0.2) is 6.61 Å². The van der Waals surface area contributed by atoms with Gasteiger partial charge in [-0.05, 0) is 35.0 Å². The van der Waals surface area contributed by atoms with Crippen LogP contribution in [0.15, 0.2) is 46.9 Å². The third kappa shape index (κ3) is 3.17. The summed E-state index contributed by atoms with van der Waals surface area (Å²) in [5.41, 5.74) is 6.42. The zero-order chi connectivity index (χ0) is 13.0. The quantitative estimate of drug-likeness (QED) is 0.860. The highest BCUT2D eigenvalue weighted by Crippen LogP contribution is 2.32. The van der Waals surface area contributed by atoms with Gasteiger partial charge in [-0.15, -0.1) is 0 Å². The van der Waals surface area contributed by atoms with E-state index in [2.05, 4.69) is 15.9 Å². The lowest BCUT2D eigenvalue weighted by molar-refractivity contribution is 0.338. The highest BCUT2D eigenvalue weighted by molar-refractivity contribution is 9.10. The third-order valence-electron chi connectivity index (χ3n) is 2.28. The standard InChI is InChI=1S/C14H14BrNO2/c1-2-17-11-7-10(16)8-12(9-11)18-14-6-4-3-5-13(14)15/h3-9H,2,16H2,1H3. The van der Waals surface area contributed by atoms with E-state index in [4.69, 9.17) is 15.2 Å². The van der Waals surface area contributed by atoms with Crippen LogP contribution in [0.3, 0.4) is 0 Å². The summed E-state index contributed by atoms with van der Waals surface area (Å²) in [4.78, 5) is 0. The molecule has 0 unspecified atom stereocenters. The topological polar surface area (TPSA) is 44.5 Å². The Kier molecular flexibility index (Phi) is 4.10. The fourth-order valence-electron chi connectivity index (χ4n) is 1.56. The molecule has 94 valence electrons. The Morgan fingerprint density at radius 1 is 1.11 bits per heavy atom. The molecule has 0 amide bonds. The van der Waals surface area contributed by atoms with Crippen LogP contribution in [-0.2, 0) is 0 Å². The summed E-state index contributed by atoms with van der Waals surface area (Å²) in [5, 5.41) is 0. The van der Waals surface area contributed by atoms with Gasteiger partial charge in [0.2, 0.25) is 0 Å². The number of nitrogens with two attached hydrogens (primary N) is 1. The fourth-order valence-corrected chi connectivity index (χ4v) is 1.92. The SMILES string of the molecule is CCOc1cc(N)cc(Oc2ccccc2Br)c1. The number of benzene rings is 2. The predicted molar refractivity (Wildman–Crippen MR) is 76.2 cm³/mol. The van der Waals surface area contributed by atoms with E-state index in [9.17, 15) is 0 Å². The second-order valence-electron chi connectivity index (χ2n) is 3.70. The molecule has 18 heavy (non-hydrogen) atoms. The van der Waals surface area contributed by atoms with Gasteiger partial charge in [0.1, 0.15) is 17.2 Å². The zero-order valence-corrected chi connectivity index (χ0v) is 11.6. The van der Waals surface area contributed by atoms with Gasteiger partial charge < -0.3 is 15.2 Å². The van der Waals surface area contributed by atoms with Crippen molar-refractivity contribution in [3.63, 3.8) is 0 Å². The highest BCUT2D eigenvalue weighted by atomic mass is 79.9. The van der Waals surface area contributed by atoms with E-state index < -0.39 is 0 Å². The summed E-state index contributed by atoms with van der Waals surface area (Å²) >= 11 is 3.43. The van der Waals surface area contributed by atoms with Gasteiger partial charge in [-0.2, -0.15) is 0 Å². The number of ether oxygens (including phenoxy) is 2. The number of anilines is 1. The average Bonchev–Trinajstić information content (AvgIpc) is 2.32. The first-order chi connectivity index (χ1) is 8.69. The Balaban J connectivity index is 2.26. The summed E-state index contributed by atoms with van der Waals surface area (Å²) < 4.78 is 12.1. The minimum atomic E-state index is 0.595. The lowest BCUT2D eigenvalue weighted by Gasteiger charge is -2.10. The first-order valence-corrected chi connectivity index (χ1v) is 6.44. The van der Waals surface area contributed by atoms with Gasteiger partial charge in [0.25, 0.3) is 0 Å². The van der Waals surface area contributed by atoms with Crippen molar-refractivity contribution in [2.45, 2.75) is 6.92 Å². The first-order valence-electron chi connectivity index (χ1n) is 5.65. The maximum atomic E-state index is 5.81. The Labute approximate surface area is 115 Å². The van der Waals surface area contributed by atoms with Crippen molar-refractivity contribution < 1.29 is 9.47 Å². The molecule has 0 bridgehead atoms. The average molecular weight is 308 g/mol. The molecular weight excluding hydrogens is 294 g/mol. The van der Waals surface area contributed by atoms with E-state index in [0.717, 1.165) is 10.2 Å². The second-order valence-corrected chi connectivity index (χ2v) is 4.56. The van der Waals surface area contributed by atoms with Crippen molar-refractivity contribution >= 4 is 21.6 Å². The summed E-state index contributed by atoms with van der Waals surface area (Å²) in [6, 6.07) is 13.0. The van der Waals surface area contributed by atoms with E-state index in [0.29, 0.717) is 23.8 Å². The predicted octanol–water partition coefficient (Wildman–Crippen LogP) is 4.22. The van der Waals surface area contributed by atoms with Crippen molar-refractivity contribution in [2.24, 2.45) is 0 Å². The van der Waals surface area contributed by atoms with Crippen molar-refractivity contribution in [1.82, 2.24) is 0 Å². The monoisotopic (exact) mass is 307 g/mol. The van der Waals surface area contributed by atoms with Crippen LogP contribution in [0.25, 0.3) is 0 Å². The van der Waals surface area contributed by atoms with E-state index in [-0.39, 0.29) is 0 Å². The molecule has 0 atom stereocenters. The van der Waals surface area contributed by atoms with E-state index in [1.807, 2.05) is 37.3 Å². The largest absolute Gasteiger partial charge is 0.494 e. The summed E-state index contributed by atoms with van der Waals surface area (Å²) in [6.45, 7) is 2.52. The lowest BCUT2D eigenvalue weighted by Crippen LogP contribution is -1.95. The van der Waals surface area contributed by atoms with E-state index in [1.165, 1.54) is 0 Å². The highest BCUT2D eigenvalue weighted by Gasteiger charge is 2.04. The molecule has 0 fully saturated rings. The number of hydrogen-bond donors (Lipinski definition) is 1. The Morgan fingerprint density at radius 2 is 1.83 bits per heavy atom. The van der Waals surface area contributed by atoms with Gasteiger partial charge in [0.15, 0.2) is 0 Å². The summed E-state index contributed by atoms with van der Waals surface area (Å²) in [5.74, 6) is 2.11. The number of hydrogen-bond acceptors (Lipinski definition) is 3. The minimum absolute atomic E-state index is 0.595. The Morgan fingerprint density at radius 3 is 2.56 bits per heavy atom. The molecule has 2 N–H and O–H groups in total. The smallest absolute Gasteiger partial charge is 0.141 e. The molecule has 0 spiro atoms. The normalized spacial score (nSPS) is 10.1. The van der Waals surface area contributed by atoms with Gasteiger partial charge in [0.05, 0.1) is 11.1 Å². The van der Waals surface area contributed by atoms with Crippen LogP contribution in [0.1, 0.15) is 6.92 Å². The molecule has 0 aliphatic heterocycles. The Hall–Kier alpha value is -1.68. The van der Waals surface area contributed by atoms with Crippen molar-refractivity contribution in [3.8, 4) is 17.2 Å². The van der Waals surface area contributed by atoms with Crippen LogP contribution in [0.2, 0.25) is 0 Å². The van der Waals surface area contributed by atoms with Crippen molar-refractivity contribution in [3.05, 3.63) is 46.9 Å². The van der Waals surface area contributed by atoms with Crippen LogP contribution in [0, 0.1) is 0 Å². The number of halogens is 1. The molecule has 0 aromatic heterocycles. The van der Waals surface area contributed by atoms with Crippen molar-refractivity contribution in [1.29, 1.82) is 0 Å². The molecule has 2 aromatic carbocycles. The first kappa shape index (κ1) is 12.8. The molecule has 3 nitrogen and oxygen atoms in total. The van der Waals surface area contributed by atoms with Crippen LogP contribution >= 0.6 is 15.9 Å². The molecule has 2 aromatic rings. The maximum absolute atomic E-state index is 5.81. The molecule has 0 heterocycles. The molecule has 2 rings (SSSR count). The zero-order valence-electron chi connectivity index (χ0n) is 10.0. The molecule has 0 saturated carbocycles. The molecule has 0 saturated heterocycles. The third-order valence-corrected chi connectivity index (χ3v) is 2.93. The minimum Gasteiger partial charge on any atom is -0.494 e. The number of rotatable bonds is 4. The summed E-state index contributed by atoms with van der Waals surface area (Å²) in [6.07, 6.45) is 0. The van der Waals surface area contributed by atoms with Crippen LogP contribution in [0.4, 0.5) is 5.69 Å². The second kappa shape index (κ2) is 5.78. The van der Waals surface area contributed by atoms with Gasteiger partial charge in [-0.1, -0.05) is 12.1 Å². The summed E-state index contributed by atoms with van der Waals surface area (Å²) in [7, 11) is 0. The van der Waals surface area contributed by atoms with E-state index >= 15 is 0 Å². The van der Waals surface area contributed by atoms with Gasteiger partial charge in [-0.25, -0.2) is 0 Å². The molecule has 0 aliphatic rings. The lowest BCUT2D eigenvalue weighted by atomic mass is 10.3. The van der Waals surface area contributed by atoms with Crippen LogP contribution < -0.4 is 15.2 Å². The van der Waals surface area contributed by atoms with Crippen molar-refractivity contribution in [2.75, 3.05) is 12.3 Å². The number of nitrogen functional groups attached to an aromatic ring is 1. The van der Waals surface area contributed by atoms with Gasteiger partial charge in [0, 0.05) is 23.9 Å². The van der Waals surface area contributed by atoms with Crippen LogP contribution in [0.5, 0.6) is 17.2 Å².